The average Bonchev–Trinajstić information content (AvgIpc) is 2.60. The summed E-state index contributed by atoms with van der Waals surface area (Å²) in [7, 11) is 0. The Labute approximate surface area is 126 Å². The summed E-state index contributed by atoms with van der Waals surface area (Å²) < 4.78 is 6.44. The maximum Gasteiger partial charge on any atom is 0.253 e. The lowest BCUT2D eigenvalue weighted by Crippen LogP contribution is -2.32. The van der Waals surface area contributed by atoms with Crippen LogP contribution >= 0.6 is 15.9 Å². The topological polar surface area (TPSA) is 29.5 Å². The van der Waals surface area contributed by atoms with Gasteiger partial charge in [-0.3, -0.25) is 4.79 Å². The standard InChI is InChI=1S/C16H14BrNO2/c17-14-6-7-15-13(8-14)10-20-11-16(19)18(15)9-12-4-2-1-3-5-12/h1-8H,9-11H2. The molecule has 2 aromatic rings. The van der Waals surface area contributed by atoms with Gasteiger partial charge in [0.25, 0.3) is 5.91 Å². The third-order valence-corrected chi connectivity index (χ3v) is 3.79. The molecule has 1 aliphatic rings. The van der Waals surface area contributed by atoms with Crippen molar-refractivity contribution in [1.82, 2.24) is 0 Å². The molecule has 0 saturated heterocycles. The second kappa shape index (κ2) is 5.77. The van der Waals surface area contributed by atoms with Gasteiger partial charge in [0, 0.05) is 15.7 Å². The van der Waals surface area contributed by atoms with Crippen molar-refractivity contribution in [1.29, 1.82) is 0 Å². The van der Waals surface area contributed by atoms with E-state index in [0.29, 0.717) is 13.2 Å². The van der Waals surface area contributed by atoms with E-state index in [1.165, 1.54) is 0 Å². The quantitative estimate of drug-likeness (QED) is 0.842. The van der Waals surface area contributed by atoms with Crippen molar-refractivity contribution in [3.8, 4) is 0 Å². The smallest absolute Gasteiger partial charge is 0.253 e. The maximum absolute atomic E-state index is 12.3. The monoisotopic (exact) mass is 331 g/mol. The van der Waals surface area contributed by atoms with Gasteiger partial charge in [-0.1, -0.05) is 46.3 Å². The summed E-state index contributed by atoms with van der Waals surface area (Å²) in [5, 5.41) is 0. The fourth-order valence-electron chi connectivity index (χ4n) is 2.33. The molecule has 0 radical (unpaired) electrons. The van der Waals surface area contributed by atoms with Crippen molar-refractivity contribution in [3.63, 3.8) is 0 Å². The molecular weight excluding hydrogens is 318 g/mol. The van der Waals surface area contributed by atoms with Gasteiger partial charge in [0.1, 0.15) is 6.61 Å². The van der Waals surface area contributed by atoms with Crippen LogP contribution in [0.2, 0.25) is 0 Å². The molecule has 102 valence electrons. The van der Waals surface area contributed by atoms with E-state index < -0.39 is 0 Å². The first-order chi connectivity index (χ1) is 9.74. The highest BCUT2D eigenvalue weighted by Gasteiger charge is 2.22. The number of rotatable bonds is 2. The second-order valence-electron chi connectivity index (χ2n) is 4.73. The largest absolute Gasteiger partial charge is 0.367 e. The Morgan fingerprint density at radius 2 is 1.90 bits per heavy atom. The number of halogens is 1. The maximum atomic E-state index is 12.3. The summed E-state index contributed by atoms with van der Waals surface area (Å²) in [5.41, 5.74) is 3.07. The van der Waals surface area contributed by atoms with Crippen LogP contribution in [0.5, 0.6) is 0 Å². The van der Waals surface area contributed by atoms with Crippen molar-refractivity contribution in [2.24, 2.45) is 0 Å². The zero-order chi connectivity index (χ0) is 13.9. The number of carbonyl (C=O) groups excluding carboxylic acids is 1. The van der Waals surface area contributed by atoms with Gasteiger partial charge < -0.3 is 9.64 Å². The summed E-state index contributed by atoms with van der Waals surface area (Å²) in [5.74, 6) is -0.00470. The minimum absolute atomic E-state index is 0.00470. The van der Waals surface area contributed by atoms with Crippen LogP contribution in [0.25, 0.3) is 0 Å². The number of fused-ring (bicyclic) bond motifs is 1. The van der Waals surface area contributed by atoms with Crippen LogP contribution in [-0.2, 0) is 22.7 Å². The number of benzene rings is 2. The SMILES string of the molecule is O=C1COCc2cc(Br)ccc2N1Cc1ccccc1. The van der Waals surface area contributed by atoms with Crippen molar-refractivity contribution in [3.05, 3.63) is 64.1 Å². The Hall–Kier alpha value is -1.65. The van der Waals surface area contributed by atoms with Crippen LogP contribution in [0.3, 0.4) is 0 Å². The zero-order valence-electron chi connectivity index (χ0n) is 10.9. The number of amides is 1. The van der Waals surface area contributed by atoms with Crippen LogP contribution in [0.15, 0.2) is 53.0 Å². The lowest BCUT2D eigenvalue weighted by molar-refractivity contribution is -0.123. The van der Waals surface area contributed by atoms with Gasteiger partial charge in [0.2, 0.25) is 0 Å². The van der Waals surface area contributed by atoms with E-state index in [1.807, 2.05) is 48.5 Å². The van der Waals surface area contributed by atoms with E-state index in [2.05, 4.69) is 15.9 Å². The Morgan fingerprint density at radius 3 is 2.70 bits per heavy atom. The molecule has 0 fully saturated rings. The van der Waals surface area contributed by atoms with Crippen molar-refractivity contribution < 1.29 is 9.53 Å². The Bertz CT molecular complexity index is 628. The normalized spacial score (nSPS) is 14.8. The molecule has 1 aliphatic heterocycles. The van der Waals surface area contributed by atoms with E-state index in [4.69, 9.17) is 4.74 Å². The summed E-state index contributed by atoms with van der Waals surface area (Å²) in [4.78, 5) is 14.1. The lowest BCUT2D eigenvalue weighted by atomic mass is 10.1. The van der Waals surface area contributed by atoms with E-state index in [-0.39, 0.29) is 12.5 Å². The number of nitrogens with zero attached hydrogens (tertiary/aromatic N) is 1. The van der Waals surface area contributed by atoms with Gasteiger partial charge in [0.05, 0.1) is 13.2 Å². The second-order valence-corrected chi connectivity index (χ2v) is 5.65. The number of ether oxygens (including phenoxy) is 1. The van der Waals surface area contributed by atoms with Crippen molar-refractivity contribution in [2.45, 2.75) is 13.2 Å². The molecule has 3 nitrogen and oxygen atoms in total. The minimum atomic E-state index is -0.00470. The van der Waals surface area contributed by atoms with Crippen molar-refractivity contribution in [2.75, 3.05) is 11.5 Å². The summed E-state index contributed by atoms with van der Waals surface area (Å²) in [6, 6.07) is 15.9. The van der Waals surface area contributed by atoms with Crippen LogP contribution < -0.4 is 4.90 Å². The average molecular weight is 332 g/mol. The lowest BCUT2D eigenvalue weighted by Gasteiger charge is -2.22. The summed E-state index contributed by atoms with van der Waals surface area (Å²) in [6.07, 6.45) is 0. The molecule has 0 bridgehead atoms. The molecular formula is C16H14BrNO2. The Morgan fingerprint density at radius 1 is 1.10 bits per heavy atom. The van der Waals surface area contributed by atoms with Gasteiger partial charge >= 0.3 is 0 Å². The molecule has 0 aromatic heterocycles. The first kappa shape index (κ1) is 13.3. The van der Waals surface area contributed by atoms with E-state index in [9.17, 15) is 4.79 Å². The number of anilines is 1. The fraction of sp³-hybridized carbons (Fsp3) is 0.188. The molecule has 0 N–H and O–H groups in total. The molecule has 0 unspecified atom stereocenters. The molecule has 2 aromatic carbocycles. The van der Waals surface area contributed by atoms with Crippen LogP contribution in [0.1, 0.15) is 11.1 Å². The van der Waals surface area contributed by atoms with Gasteiger partial charge in [-0.2, -0.15) is 0 Å². The molecule has 4 heteroatoms. The summed E-state index contributed by atoms with van der Waals surface area (Å²) >= 11 is 3.46. The third-order valence-electron chi connectivity index (χ3n) is 3.30. The number of hydrogen-bond acceptors (Lipinski definition) is 2. The number of hydrogen-bond donors (Lipinski definition) is 0. The van der Waals surface area contributed by atoms with Gasteiger partial charge in [0.15, 0.2) is 0 Å². The molecule has 1 heterocycles. The first-order valence-corrected chi connectivity index (χ1v) is 7.24. The third kappa shape index (κ3) is 2.76. The van der Waals surface area contributed by atoms with Crippen molar-refractivity contribution >= 4 is 27.5 Å². The predicted octanol–water partition coefficient (Wildman–Crippen LogP) is 3.51. The van der Waals surface area contributed by atoms with Gasteiger partial charge in [-0.15, -0.1) is 0 Å². The van der Waals surface area contributed by atoms with Crippen LogP contribution in [0, 0.1) is 0 Å². The molecule has 0 atom stereocenters. The number of carbonyl (C=O) groups is 1. The molecule has 20 heavy (non-hydrogen) atoms. The van der Waals surface area contributed by atoms with Gasteiger partial charge in [-0.25, -0.2) is 0 Å². The van der Waals surface area contributed by atoms with E-state index >= 15 is 0 Å². The first-order valence-electron chi connectivity index (χ1n) is 6.44. The molecule has 0 aliphatic carbocycles. The zero-order valence-corrected chi connectivity index (χ0v) is 12.5. The molecule has 1 amide bonds. The Balaban J connectivity index is 1.98. The summed E-state index contributed by atoms with van der Waals surface area (Å²) in [6.45, 7) is 1.16. The van der Waals surface area contributed by atoms with E-state index in [0.717, 1.165) is 21.3 Å². The van der Waals surface area contributed by atoms with E-state index in [1.54, 1.807) is 4.90 Å². The Kier molecular flexibility index (Phi) is 3.85. The fourth-order valence-corrected chi connectivity index (χ4v) is 2.74. The van der Waals surface area contributed by atoms with Crippen LogP contribution in [-0.4, -0.2) is 12.5 Å². The molecule has 3 rings (SSSR count). The molecule has 0 spiro atoms. The van der Waals surface area contributed by atoms with Gasteiger partial charge in [-0.05, 0) is 23.8 Å². The highest BCUT2D eigenvalue weighted by Crippen LogP contribution is 2.28. The molecule has 0 saturated carbocycles. The predicted molar refractivity (Wildman–Crippen MR) is 81.4 cm³/mol. The highest BCUT2D eigenvalue weighted by molar-refractivity contribution is 9.10. The highest BCUT2D eigenvalue weighted by atomic mass is 79.9. The van der Waals surface area contributed by atoms with Crippen LogP contribution in [0.4, 0.5) is 5.69 Å². The minimum Gasteiger partial charge on any atom is -0.367 e.